The normalized spacial score (nSPS) is 11.1. The lowest BCUT2D eigenvalue weighted by atomic mass is 10.1. The molecule has 2 aromatic heterocycles. The van der Waals surface area contributed by atoms with E-state index in [0.29, 0.717) is 46.9 Å². The zero-order valence-electron chi connectivity index (χ0n) is 18.7. The lowest BCUT2D eigenvalue weighted by molar-refractivity contribution is -0.116. The molecule has 0 aliphatic rings. The number of nitrogens with zero attached hydrogens (tertiary/aromatic N) is 3. The van der Waals surface area contributed by atoms with Gasteiger partial charge in [0.15, 0.2) is 5.82 Å². The Bertz CT molecular complexity index is 1330. The largest absolute Gasteiger partial charge is 0.492 e. The fourth-order valence-electron chi connectivity index (χ4n) is 3.63. The van der Waals surface area contributed by atoms with E-state index in [1.807, 2.05) is 38.1 Å². The second-order valence-corrected chi connectivity index (χ2v) is 8.77. The topological polar surface area (TPSA) is 69.0 Å². The highest BCUT2D eigenvalue weighted by molar-refractivity contribution is 6.35. The third-order valence-corrected chi connectivity index (χ3v) is 5.78. The highest BCUT2D eigenvalue weighted by atomic mass is 35.5. The molecule has 0 fully saturated rings. The van der Waals surface area contributed by atoms with Crippen LogP contribution in [0.5, 0.6) is 5.75 Å². The Labute approximate surface area is 202 Å². The maximum absolute atomic E-state index is 12.6. The summed E-state index contributed by atoms with van der Waals surface area (Å²) in [6.07, 6.45) is 0.823. The van der Waals surface area contributed by atoms with Crippen molar-refractivity contribution in [3.63, 3.8) is 0 Å². The van der Waals surface area contributed by atoms with Gasteiger partial charge >= 0.3 is 0 Å². The molecule has 0 aliphatic heterocycles. The first-order chi connectivity index (χ1) is 15.8. The molecule has 0 aliphatic carbocycles. The van der Waals surface area contributed by atoms with E-state index in [2.05, 4.69) is 23.4 Å². The third kappa shape index (κ3) is 5.29. The van der Waals surface area contributed by atoms with Gasteiger partial charge in [0.2, 0.25) is 5.91 Å². The van der Waals surface area contributed by atoms with Gasteiger partial charge in [0.1, 0.15) is 11.6 Å². The number of carbonyl (C=O) groups is 1. The van der Waals surface area contributed by atoms with Gasteiger partial charge in [-0.2, -0.15) is 9.78 Å². The lowest BCUT2D eigenvalue weighted by Crippen LogP contribution is -2.16. The molecule has 6 nitrogen and oxygen atoms in total. The number of benzene rings is 2. The number of amides is 1. The molecule has 2 heterocycles. The van der Waals surface area contributed by atoms with Gasteiger partial charge in [0.05, 0.1) is 22.8 Å². The zero-order chi connectivity index (χ0) is 23.5. The molecular formula is C25H24Cl2N4O2. The Kier molecular flexibility index (Phi) is 6.86. The fraction of sp³-hybridized carbons (Fsp3) is 0.240. The number of nitrogens with one attached hydrogen (secondary N) is 1. The minimum absolute atomic E-state index is 0.129. The molecule has 0 unspecified atom stereocenters. The van der Waals surface area contributed by atoms with Crippen molar-refractivity contribution in [3.8, 4) is 11.6 Å². The fourth-order valence-corrected chi connectivity index (χ4v) is 4.09. The Hall–Kier alpha value is -3.09. The molecule has 1 N–H and O–H groups in total. The summed E-state index contributed by atoms with van der Waals surface area (Å²) < 4.78 is 7.33. The first-order valence-electron chi connectivity index (χ1n) is 10.6. The molecule has 33 heavy (non-hydrogen) atoms. The maximum Gasteiger partial charge on any atom is 0.225 e. The first-order valence-corrected chi connectivity index (χ1v) is 11.4. The number of hydrogen-bond donors (Lipinski definition) is 1. The van der Waals surface area contributed by atoms with Crippen molar-refractivity contribution in [3.05, 3.63) is 75.4 Å². The number of fused-ring (bicyclic) bond motifs is 1. The number of pyridine rings is 1. The summed E-state index contributed by atoms with van der Waals surface area (Å²) in [7, 11) is 0. The van der Waals surface area contributed by atoms with Gasteiger partial charge < -0.3 is 10.1 Å². The zero-order valence-corrected chi connectivity index (χ0v) is 20.2. The van der Waals surface area contributed by atoms with Crippen LogP contribution < -0.4 is 10.1 Å². The van der Waals surface area contributed by atoms with Crippen molar-refractivity contribution in [2.24, 2.45) is 0 Å². The van der Waals surface area contributed by atoms with Crippen LogP contribution in [0.3, 0.4) is 0 Å². The standard InChI is InChI=1S/C25H24Cl2N4O2/c1-15-6-4-7-19-16(2)12-22(29-25(15)19)31-23(13-17(3)30-31)28-24(32)8-5-11-33-21-10-9-18(26)14-20(21)27/h4,6-7,9-10,12-14H,5,8,11H2,1-3H3,(H,28,32). The SMILES string of the molecule is Cc1cc(NC(=O)CCCOc2ccc(Cl)cc2Cl)n(-c2cc(C)c3cccc(C)c3n2)n1. The van der Waals surface area contributed by atoms with Crippen molar-refractivity contribution >= 4 is 45.8 Å². The van der Waals surface area contributed by atoms with Gasteiger partial charge in [0, 0.05) is 22.9 Å². The van der Waals surface area contributed by atoms with Crippen molar-refractivity contribution in [1.29, 1.82) is 0 Å². The van der Waals surface area contributed by atoms with Crippen LogP contribution in [0, 0.1) is 20.8 Å². The van der Waals surface area contributed by atoms with Crippen LogP contribution in [0.4, 0.5) is 5.82 Å². The summed E-state index contributed by atoms with van der Waals surface area (Å²) in [6.45, 7) is 6.33. The van der Waals surface area contributed by atoms with E-state index in [4.69, 9.17) is 32.9 Å². The quantitative estimate of drug-likeness (QED) is 0.307. The van der Waals surface area contributed by atoms with Crippen molar-refractivity contribution < 1.29 is 9.53 Å². The number of aromatic nitrogens is 3. The average molecular weight is 483 g/mol. The Balaban J connectivity index is 1.44. The number of ether oxygens (including phenoxy) is 1. The molecule has 170 valence electrons. The van der Waals surface area contributed by atoms with Crippen LogP contribution in [0.2, 0.25) is 10.0 Å². The van der Waals surface area contributed by atoms with Crippen LogP contribution in [0.15, 0.2) is 48.5 Å². The summed E-state index contributed by atoms with van der Waals surface area (Å²) in [5.41, 5.74) is 3.90. The molecule has 0 bridgehead atoms. The van der Waals surface area contributed by atoms with Gasteiger partial charge in [-0.25, -0.2) is 4.98 Å². The minimum atomic E-state index is -0.129. The maximum atomic E-state index is 12.6. The second-order valence-electron chi connectivity index (χ2n) is 7.93. The lowest BCUT2D eigenvalue weighted by Gasteiger charge is -2.12. The molecule has 1 amide bonds. The highest BCUT2D eigenvalue weighted by Gasteiger charge is 2.14. The first kappa shape index (κ1) is 23.1. The van der Waals surface area contributed by atoms with Gasteiger partial charge in [-0.3, -0.25) is 4.79 Å². The van der Waals surface area contributed by atoms with E-state index in [1.54, 1.807) is 22.9 Å². The van der Waals surface area contributed by atoms with Gasteiger partial charge in [-0.1, -0.05) is 41.4 Å². The number of carbonyl (C=O) groups excluding carboxylic acids is 1. The average Bonchev–Trinajstić information content (AvgIpc) is 3.13. The predicted octanol–water partition coefficient (Wildman–Crippen LogP) is 6.45. The molecule has 0 saturated heterocycles. The molecule has 8 heteroatoms. The Morgan fingerprint density at radius 2 is 1.88 bits per heavy atom. The molecule has 0 spiro atoms. The highest BCUT2D eigenvalue weighted by Crippen LogP contribution is 2.28. The number of aryl methyl sites for hydroxylation is 3. The summed E-state index contributed by atoms with van der Waals surface area (Å²) >= 11 is 12.0. The van der Waals surface area contributed by atoms with Crippen LogP contribution in [0.1, 0.15) is 29.7 Å². The smallest absolute Gasteiger partial charge is 0.225 e. The Morgan fingerprint density at radius 3 is 2.67 bits per heavy atom. The van der Waals surface area contributed by atoms with Crippen molar-refractivity contribution in [2.75, 3.05) is 11.9 Å². The number of rotatable bonds is 7. The summed E-state index contributed by atoms with van der Waals surface area (Å²) in [6, 6.07) is 15.0. The van der Waals surface area contributed by atoms with E-state index in [-0.39, 0.29) is 5.91 Å². The van der Waals surface area contributed by atoms with Crippen LogP contribution >= 0.6 is 23.2 Å². The van der Waals surface area contributed by atoms with E-state index >= 15 is 0 Å². The summed E-state index contributed by atoms with van der Waals surface area (Å²) in [5.74, 6) is 1.66. The monoisotopic (exact) mass is 482 g/mol. The van der Waals surface area contributed by atoms with Crippen LogP contribution in [-0.2, 0) is 4.79 Å². The minimum Gasteiger partial charge on any atom is -0.492 e. The Morgan fingerprint density at radius 1 is 1.06 bits per heavy atom. The molecule has 2 aromatic carbocycles. The van der Waals surface area contributed by atoms with Crippen molar-refractivity contribution in [1.82, 2.24) is 14.8 Å². The van der Waals surface area contributed by atoms with Gasteiger partial charge in [-0.05, 0) is 62.6 Å². The van der Waals surface area contributed by atoms with Crippen LogP contribution in [-0.4, -0.2) is 27.3 Å². The van der Waals surface area contributed by atoms with Gasteiger partial charge in [-0.15, -0.1) is 0 Å². The molecule has 0 radical (unpaired) electrons. The number of anilines is 1. The predicted molar refractivity (Wildman–Crippen MR) is 133 cm³/mol. The van der Waals surface area contributed by atoms with E-state index in [9.17, 15) is 4.79 Å². The van der Waals surface area contributed by atoms with Crippen LogP contribution in [0.25, 0.3) is 16.7 Å². The molecule has 0 saturated carbocycles. The second kappa shape index (κ2) is 9.81. The molecule has 0 atom stereocenters. The van der Waals surface area contributed by atoms with Crippen molar-refractivity contribution in [2.45, 2.75) is 33.6 Å². The van der Waals surface area contributed by atoms with Gasteiger partial charge in [0.25, 0.3) is 0 Å². The van der Waals surface area contributed by atoms with E-state index in [1.165, 1.54) is 0 Å². The van der Waals surface area contributed by atoms with E-state index in [0.717, 1.165) is 27.7 Å². The third-order valence-electron chi connectivity index (χ3n) is 5.25. The summed E-state index contributed by atoms with van der Waals surface area (Å²) in [4.78, 5) is 17.4. The molecule has 4 aromatic rings. The number of hydrogen-bond acceptors (Lipinski definition) is 4. The summed E-state index contributed by atoms with van der Waals surface area (Å²) in [5, 5.41) is 9.60. The molecule has 4 rings (SSSR count). The van der Waals surface area contributed by atoms with E-state index < -0.39 is 0 Å². The molecular weight excluding hydrogens is 459 g/mol. The number of halogens is 2. The number of para-hydroxylation sites is 1.